The van der Waals surface area contributed by atoms with E-state index in [9.17, 15) is 19.2 Å². The van der Waals surface area contributed by atoms with E-state index >= 15 is 0 Å². The first-order valence-corrected chi connectivity index (χ1v) is 4.87. The molecule has 0 spiro atoms. The normalized spacial score (nSPS) is 11.4. The minimum atomic E-state index is -1.58. The van der Waals surface area contributed by atoms with E-state index in [0.717, 1.165) is 0 Å². The van der Waals surface area contributed by atoms with Crippen molar-refractivity contribution in [3.8, 4) is 0 Å². The van der Waals surface area contributed by atoms with Crippen molar-refractivity contribution in [2.24, 2.45) is 0 Å². The van der Waals surface area contributed by atoms with Crippen LogP contribution in [-0.4, -0.2) is 40.2 Å². The molecule has 17 heavy (non-hydrogen) atoms. The van der Waals surface area contributed by atoms with Crippen molar-refractivity contribution in [3.63, 3.8) is 0 Å². The molecule has 0 rings (SSSR count). The molecule has 2 atom stereocenters. The van der Waals surface area contributed by atoms with Crippen LogP contribution in [0.3, 0.4) is 0 Å². The molecule has 0 aromatic rings. The van der Waals surface area contributed by atoms with Crippen molar-refractivity contribution in [2.75, 3.05) is 0 Å². The number of esters is 1. The Hall–Kier alpha value is -1.69. The van der Waals surface area contributed by atoms with Gasteiger partial charge in [0, 0.05) is 0 Å². The number of rotatable bonds is 7. The number of carbonyl (C=O) groups is 4. The van der Waals surface area contributed by atoms with Crippen molar-refractivity contribution in [2.45, 2.75) is 25.4 Å². The number of aliphatic carboxylic acids is 2. The highest BCUT2D eigenvalue weighted by Crippen LogP contribution is 2.07. The summed E-state index contributed by atoms with van der Waals surface area (Å²) >= 11 is 0. The van der Waals surface area contributed by atoms with Gasteiger partial charge in [-0.2, -0.15) is 0 Å². The summed E-state index contributed by atoms with van der Waals surface area (Å²) in [6, 6.07) is 0. The average Bonchev–Trinajstić information content (AvgIpc) is 2.23. The minimum Gasteiger partial charge on any atom is -0.481 e. The van der Waals surface area contributed by atoms with E-state index in [0.29, 0.717) is 0 Å². The lowest BCUT2D eigenvalue weighted by atomic mass is 10.2. The number of hydrogen-bond acceptors (Lipinski definition) is 6. The largest absolute Gasteiger partial charge is 0.481 e. The van der Waals surface area contributed by atoms with E-state index in [1.165, 1.54) is 0 Å². The van der Waals surface area contributed by atoms with E-state index in [2.05, 4.69) is 9.26 Å². The first-order valence-electron chi connectivity index (χ1n) is 4.40. The van der Waals surface area contributed by atoms with Gasteiger partial charge in [0.05, 0.1) is 28.7 Å². The Bertz CT molecular complexity index is 325. The highest BCUT2D eigenvalue weighted by molar-refractivity contribution is 7.10. The van der Waals surface area contributed by atoms with Crippen LogP contribution in [0.4, 0.5) is 0 Å². The fourth-order valence-corrected chi connectivity index (χ4v) is 0.986. The molecule has 0 radical (unpaired) electrons. The second-order valence-electron chi connectivity index (χ2n) is 2.91. The van der Waals surface area contributed by atoms with E-state index < -0.39 is 49.2 Å². The smallest absolute Gasteiger partial charge is 0.350 e. The van der Waals surface area contributed by atoms with Crippen molar-refractivity contribution < 1.29 is 38.7 Å². The van der Waals surface area contributed by atoms with Gasteiger partial charge in [0.1, 0.15) is 0 Å². The third-order valence-electron chi connectivity index (χ3n) is 1.56. The molecule has 2 N–H and O–H groups in total. The summed E-state index contributed by atoms with van der Waals surface area (Å²) in [6.45, 7) is 0. The zero-order valence-electron chi connectivity index (χ0n) is 8.62. The van der Waals surface area contributed by atoms with Gasteiger partial charge in [-0.25, -0.2) is 4.79 Å². The van der Waals surface area contributed by atoms with Gasteiger partial charge in [0.25, 0.3) is 0 Å². The second-order valence-corrected chi connectivity index (χ2v) is 3.14. The Morgan fingerprint density at radius 3 is 2.06 bits per heavy atom. The Labute approximate surface area is 98.2 Å². The lowest BCUT2D eigenvalue weighted by molar-refractivity contribution is -0.165. The van der Waals surface area contributed by atoms with Gasteiger partial charge >= 0.3 is 23.9 Å². The van der Waals surface area contributed by atoms with Crippen molar-refractivity contribution >= 4 is 33.3 Å². The van der Waals surface area contributed by atoms with Crippen LogP contribution < -0.4 is 0 Å². The number of carbonyl (C=O) groups excluding carboxylic acids is 2. The van der Waals surface area contributed by atoms with E-state index in [1.807, 2.05) is 0 Å². The van der Waals surface area contributed by atoms with Gasteiger partial charge in [-0.15, -0.1) is 0 Å². The molecule has 1 unspecified atom stereocenters. The summed E-state index contributed by atoms with van der Waals surface area (Å²) < 4.78 is 8.65. The zero-order valence-corrected chi connectivity index (χ0v) is 9.77. The summed E-state index contributed by atoms with van der Waals surface area (Å²) in [5.74, 6) is -4.57. The Kier molecular flexibility index (Phi) is 6.81. The molecule has 9 heteroatoms. The summed E-state index contributed by atoms with van der Waals surface area (Å²) in [6.07, 6.45) is -3.23. The number of ether oxygens (including phenoxy) is 1. The third kappa shape index (κ3) is 7.24. The van der Waals surface area contributed by atoms with Crippen LogP contribution in [0.1, 0.15) is 19.3 Å². The lowest BCUT2D eigenvalue weighted by Gasteiger charge is -2.13. The molecule has 0 aliphatic carbocycles. The minimum absolute atomic E-state index is 0.449. The van der Waals surface area contributed by atoms with Gasteiger partial charge in [-0.1, -0.05) is 0 Å². The molecule has 0 bridgehead atoms. The molecule has 0 aromatic carbocycles. The van der Waals surface area contributed by atoms with Gasteiger partial charge in [-0.3, -0.25) is 14.4 Å². The molecular weight excluding hydrogens is 255 g/mol. The first-order chi connectivity index (χ1) is 7.86. The Morgan fingerprint density at radius 2 is 1.65 bits per heavy atom. The Balaban J connectivity index is 4.32. The predicted molar refractivity (Wildman–Crippen MR) is 54.8 cm³/mol. The van der Waals surface area contributed by atoms with E-state index in [-0.39, 0.29) is 0 Å². The predicted octanol–water partition coefficient (Wildman–Crippen LogP) is -0.429. The number of hydrogen-bond donors (Lipinski definition) is 2. The first kappa shape index (κ1) is 15.3. The molecule has 96 valence electrons. The standard InChI is InChI=1S/C8H11O8P/c9-5(10)1-2-7(13)15-4(3-6(11)12)8(14)16-17/h4H,1-3,17H2,(H,9,10)(H,11,12)/t4-/m1/s1. The van der Waals surface area contributed by atoms with Crippen LogP contribution in [0.15, 0.2) is 0 Å². The molecule has 0 aromatic heterocycles. The summed E-state index contributed by atoms with van der Waals surface area (Å²) in [4.78, 5) is 42.6. The Morgan fingerprint density at radius 1 is 1.06 bits per heavy atom. The summed E-state index contributed by atoms with van der Waals surface area (Å²) in [7, 11) is 1.60. The fraction of sp³-hybridized carbons (Fsp3) is 0.500. The van der Waals surface area contributed by atoms with E-state index in [1.54, 1.807) is 9.47 Å². The molecule has 0 aliphatic rings. The maximum absolute atomic E-state index is 11.1. The fourth-order valence-electron chi connectivity index (χ4n) is 0.834. The van der Waals surface area contributed by atoms with Crippen molar-refractivity contribution in [1.29, 1.82) is 0 Å². The SMILES string of the molecule is O=C(O)CCC(=O)O[C@H](CC(=O)O)C(=O)OP. The summed E-state index contributed by atoms with van der Waals surface area (Å²) in [5, 5.41) is 16.8. The van der Waals surface area contributed by atoms with Crippen LogP contribution in [0.2, 0.25) is 0 Å². The third-order valence-corrected chi connectivity index (χ3v) is 1.79. The van der Waals surface area contributed by atoms with Crippen LogP contribution in [0, 0.1) is 0 Å². The second kappa shape index (κ2) is 7.56. The van der Waals surface area contributed by atoms with Crippen molar-refractivity contribution in [1.82, 2.24) is 0 Å². The van der Waals surface area contributed by atoms with Crippen LogP contribution in [0.25, 0.3) is 0 Å². The maximum Gasteiger partial charge on any atom is 0.350 e. The lowest BCUT2D eigenvalue weighted by Crippen LogP contribution is -2.30. The molecule has 0 aliphatic heterocycles. The maximum atomic E-state index is 11.1. The number of carboxylic acid groups (broad SMARTS) is 2. The molecular formula is C8H11O8P. The van der Waals surface area contributed by atoms with Gasteiger partial charge in [0.2, 0.25) is 6.10 Å². The van der Waals surface area contributed by atoms with Crippen LogP contribution in [0.5, 0.6) is 0 Å². The topological polar surface area (TPSA) is 127 Å². The van der Waals surface area contributed by atoms with Crippen molar-refractivity contribution in [3.05, 3.63) is 0 Å². The van der Waals surface area contributed by atoms with Crippen LogP contribution >= 0.6 is 9.47 Å². The zero-order chi connectivity index (χ0) is 13.4. The average molecular weight is 266 g/mol. The molecule has 0 heterocycles. The van der Waals surface area contributed by atoms with Gasteiger partial charge in [-0.05, 0) is 0 Å². The summed E-state index contributed by atoms with van der Waals surface area (Å²) in [5.41, 5.74) is 0. The highest BCUT2D eigenvalue weighted by atomic mass is 31.0. The molecule has 0 amide bonds. The quantitative estimate of drug-likeness (QED) is 0.469. The molecule has 0 saturated heterocycles. The number of carboxylic acids is 2. The van der Waals surface area contributed by atoms with E-state index in [4.69, 9.17) is 10.2 Å². The monoisotopic (exact) mass is 266 g/mol. The van der Waals surface area contributed by atoms with Gasteiger partial charge < -0.3 is 19.5 Å². The molecule has 8 nitrogen and oxygen atoms in total. The van der Waals surface area contributed by atoms with Gasteiger partial charge in [0.15, 0.2) is 0 Å². The molecule has 0 fully saturated rings. The van der Waals surface area contributed by atoms with Crippen LogP contribution in [-0.2, 0) is 28.4 Å². The molecule has 0 saturated carbocycles. The highest BCUT2D eigenvalue weighted by Gasteiger charge is 2.26.